The van der Waals surface area contributed by atoms with E-state index in [1.165, 1.54) is 24.3 Å². The highest BCUT2D eigenvalue weighted by Gasteiger charge is 2.15. The minimum absolute atomic E-state index is 0.223. The summed E-state index contributed by atoms with van der Waals surface area (Å²) < 4.78 is 28.8. The van der Waals surface area contributed by atoms with Crippen molar-refractivity contribution in [3.8, 4) is 11.5 Å². The van der Waals surface area contributed by atoms with Gasteiger partial charge in [0.25, 0.3) is 0 Å². The third-order valence-corrected chi connectivity index (χ3v) is 6.06. The molecule has 0 bridgehead atoms. The summed E-state index contributed by atoms with van der Waals surface area (Å²) in [6.07, 6.45) is 2.52. The van der Waals surface area contributed by atoms with Crippen LogP contribution in [0.3, 0.4) is 0 Å². The number of hydrogen-bond donors (Lipinski definition) is 0. The first kappa shape index (κ1) is 22.9. The number of pyridine rings is 1. The van der Waals surface area contributed by atoms with E-state index in [0.717, 1.165) is 58.8 Å². The van der Waals surface area contributed by atoms with Crippen molar-refractivity contribution in [2.24, 2.45) is 0 Å². The summed E-state index contributed by atoms with van der Waals surface area (Å²) in [5, 5.41) is 0. The van der Waals surface area contributed by atoms with Gasteiger partial charge in [0.05, 0.1) is 11.0 Å². The molecule has 0 fully saturated rings. The second kappa shape index (κ2) is 10.2. The zero-order chi connectivity index (χ0) is 24.2. The fourth-order valence-corrected chi connectivity index (χ4v) is 4.34. The van der Waals surface area contributed by atoms with E-state index in [2.05, 4.69) is 39.7 Å². The van der Waals surface area contributed by atoms with Crippen molar-refractivity contribution < 1.29 is 8.78 Å². The summed E-state index contributed by atoms with van der Waals surface area (Å²) in [5.41, 5.74) is 6.07. The van der Waals surface area contributed by atoms with E-state index in [0.29, 0.717) is 6.54 Å². The molecular weight excluding hydrogens is 442 g/mol. The molecule has 35 heavy (non-hydrogen) atoms. The number of rotatable bonds is 8. The fraction of sp³-hybridized carbons (Fsp3) is 0.172. The number of hydrogen-bond acceptors (Lipinski definition) is 3. The SMILES string of the molecule is CN(Cc1ccc(F)cc1)Cc1ccc2nc(-c3ccccn3)n(CCc3ccc(F)cc3)c2c1. The molecule has 0 amide bonds. The van der Waals surface area contributed by atoms with Crippen LogP contribution in [0.4, 0.5) is 8.78 Å². The minimum Gasteiger partial charge on any atom is -0.322 e. The highest BCUT2D eigenvalue weighted by atomic mass is 19.1. The molecular formula is C29H26F2N4. The van der Waals surface area contributed by atoms with Gasteiger partial charge in [-0.05, 0) is 78.7 Å². The van der Waals surface area contributed by atoms with Crippen LogP contribution in [-0.2, 0) is 26.1 Å². The lowest BCUT2D eigenvalue weighted by Gasteiger charge is -2.17. The van der Waals surface area contributed by atoms with E-state index in [1.54, 1.807) is 6.20 Å². The number of nitrogens with zero attached hydrogens (tertiary/aromatic N) is 4. The van der Waals surface area contributed by atoms with Crippen molar-refractivity contribution in [1.82, 2.24) is 19.4 Å². The van der Waals surface area contributed by atoms with Gasteiger partial charge in [-0.15, -0.1) is 0 Å². The number of imidazole rings is 1. The minimum atomic E-state index is -0.231. The summed E-state index contributed by atoms with van der Waals surface area (Å²) in [5.74, 6) is 0.365. The first-order chi connectivity index (χ1) is 17.0. The van der Waals surface area contributed by atoms with E-state index < -0.39 is 0 Å². The van der Waals surface area contributed by atoms with E-state index in [1.807, 2.05) is 42.5 Å². The van der Waals surface area contributed by atoms with Crippen molar-refractivity contribution in [2.45, 2.75) is 26.1 Å². The Bertz CT molecular complexity index is 1410. The lowest BCUT2D eigenvalue weighted by atomic mass is 10.1. The molecule has 3 aromatic carbocycles. The van der Waals surface area contributed by atoms with Crippen LogP contribution in [0.5, 0.6) is 0 Å². The Morgan fingerprint density at radius 1 is 0.771 bits per heavy atom. The molecule has 0 radical (unpaired) electrons. The number of fused-ring (bicyclic) bond motifs is 1. The Morgan fingerprint density at radius 3 is 2.11 bits per heavy atom. The van der Waals surface area contributed by atoms with Gasteiger partial charge in [0.1, 0.15) is 17.3 Å². The molecule has 2 heterocycles. The van der Waals surface area contributed by atoms with Crippen LogP contribution in [0.1, 0.15) is 16.7 Å². The van der Waals surface area contributed by atoms with Crippen molar-refractivity contribution in [3.63, 3.8) is 0 Å². The first-order valence-electron chi connectivity index (χ1n) is 11.6. The third-order valence-electron chi connectivity index (χ3n) is 6.06. The zero-order valence-electron chi connectivity index (χ0n) is 19.5. The van der Waals surface area contributed by atoms with E-state index in [4.69, 9.17) is 4.98 Å². The van der Waals surface area contributed by atoms with E-state index in [-0.39, 0.29) is 11.6 Å². The Labute approximate surface area is 203 Å². The van der Waals surface area contributed by atoms with Gasteiger partial charge in [-0.2, -0.15) is 0 Å². The van der Waals surface area contributed by atoms with E-state index >= 15 is 0 Å². The molecule has 2 aromatic heterocycles. The molecule has 4 nitrogen and oxygen atoms in total. The zero-order valence-corrected chi connectivity index (χ0v) is 19.5. The monoisotopic (exact) mass is 468 g/mol. The predicted octanol–water partition coefficient (Wildman–Crippen LogP) is 6.25. The highest BCUT2D eigenvalue weighted by molar-refractivity contribution is 5.80. The summed E-state index contributed by atoms with van der Waals surface area (Å²) >= 11 is 0. The standard InChI is InChI=1S/C29H26F2N4/c1-34(19-22-7-12-25(31)13-8-22)20-23-9-14-26-28(18-23)35(17-15-21-5-10-24(30)11-6-21)29(33-26)27-4-2-3-16-32-27/h2-14,16,18H,15,17,19-20H2,1H3. The quantitative estimate of drug-likeness (QED) is 0.270. The Balaban J connectivity index is 1.43. The summed E-state index contributed by atoms with van der Waals surface area (Å²) in [4.78, 5) is 11.6. The molecule has 0 saturated heterocycles. The van der Waals surface area contributed by atoms with Crippen molar-refractivity contribution in [2.75, 3.05) is 7.05 Å². The van der Waals surface area contributed by atoms with Crippen LogP contribution in [0.15, 0.2) is 91.1 Å². The third kappa shape index (κ3) is 5.44. The average molecular weight is 469 g/mol. The maximum absolute atomic E-state index is 13.4. The molecule has 0 aliphatic heterocycles. The largest absolute Gasteiger partial charge is 0.322 e. The molecule has 0 unspecified atom stereocenters. The summed E-state index contributed by atoms with van der Waals surface area (Å²) in [6.45, 7) is 2.17. The Kier molecular flexibility index (Phi) is 6.64. The van der Waals surface area contributed by atoms with Crippen LogP contribution in [0.25, 0.3) is 22.6 Å². The topological polar surface area (TPSA) is 34.0 Å². The van der Waals surface area contributed by atoms with Crippen LogP contribution in [-0.4, -0.2) is 26.5 Å². The molecule has 176 valence electrons. The number of halogens is 2. The first-order valence-corrected chi connectivity index (χ1v) is 11.6. The Hall–Kier alpha value is -3.90. The van der Waals surface area contributed by atoms with Gasteiger partial charge in [-0.3, -0.25) is 9.88 Å². The predicted molar refractivity (Wildman–Crippen MR) is 135 cm³/mol. The smallest absolute Gasteiger partial charge is 0.159 e. The normalized spacial score (nSPS) is 11.4. The lowest BCUT2D eigenvalue weighted by Crippen LogP contribution is -2.17. The summed E-state index contributed by atoms with van der Waals surface area (Å²) in [6, 6.07) is 25.4. The molecule has 0 atom stereocenters. The second-order valence-electron chi connectivity index (χ2n) is 8.80. The van der Waals surface area contributed by atoms with Gasteiger partial charge in [0.15, 0.2) is 5.82 Å². The van der Waals surface area contributed by atoms with Crippen molar-refractivity contribution >= 4 is 11.0 Å². The van der Waals surface area contributed by atoms with Gasteiger partial charge in [0, 0.05) is 25.8 Å². The van der Waals surface area contributed by atoms with Gasteiger partial charge < -0.3 is 4.57 Å². The molecule has 0 aliphatic carbocycles. The van der Waals surface area contributed by atoms with Crippen LogP contribution >= 0.6 is 0 Å². The van der Waals surface area contributed by atoms with Crippen molar-refractivity contribution in [1.29, 1.82) is 0 Å². The highest BCUT2D eigenvalue weighted by Crippen LogP contribution is 2.26. The fourth-order valence-electron chi connectivity index (χ4n) is 4.34. The maximum atomic E-state index is 13.4. The molecule has 6 heteroatoms. The molecule has 0 saturated carbocycles. The molecule has 0 aliphatic rings. The van der Waals surface area contributed by atoms with Gasteiger partial charge in [0.2, 0.25) is 0 Å². The molecule has 0 spiro atoms. The Morgan fingerprint density at radius 2 is 1.43 bits per heavy atom. The van der Waals surface area contributed by atoms with Gasteiger partial charge in [-0.25, -0.2) is 13.8 Å². The number of aromatic nitrogens is 3. The van der Waals surface area contributed by atoms with Gasteiger partial charge >= 0.3 is 0 Å². The van der Waals surface area contributed by atoms with E-state index in [9.17, 15) is 8.78 Å². The summed E-state index contributed by atoms with van der Waals surface area (Å²) in [7, 11) is 2.05. The van der Waals surface area contributed by atoms with Crippen LogP contribution in [0, 0.1) is 11.6 Å². The van der Waals surface area contributed by atoms with Crippen LogP contribution < -0.4 is 0 Å². The van der Waals surface area contributed by atoms with Gasteiger partial charge in [-0.1, -0.05) is 36.4 Å². The molecule has 5 aromatic rings. The van der Waals surface area contributed by atoms with Crippen LogP contribution in [0.2, 0.25) is 0 Å². The molecule has 0 N–H and O–H groups in total. The number of aryl methyl sites for hydroxylation is 2. The van der Waals surface area contributed by atoms with Crippen molar-refractivity contribution in [3.05, 3.63) is 119 Å². The lowest BCUT2D eigenvalue weighted by molar-refractivity contribution is 0.319. The molecule has 5 rings (SSSR count). The average Bonchev–Trinajstić information content (AvgIpc) is 3.23. The maximum Gasteiger partial charge on any atom is 0.159 e. The number of benzene rings is 3. The second-order valence-corrected chi connectivity index (χ2v) is 8.80.